The van der Waals surface area contributed by atoms with Crippen molar-refractivity contribution in [3.05, 3.63) is 39.4 Å². The van der Waals surface area contributed by atoms with Gasteiger partial charge in [-0.15, -0.1) is 0 Å². The molecule has 0 aliphatic heterocycles. The second kappa shape index (κ2) is 7.83. The molecule has 0 aliphatic rings. The Morgan fingerprint density at radius 3 is 2.61 bits per heavy atom. The van der Waals surface area contributed by atoms with Gasteiger partial charge in [-0.2, -0.15) is 0 Å². The van der Waals surface area contributed by atoms with Crippen LogP contribution in [0.2, 0.25) is 10.0 Å². The lowest BCUT2D eigenvalue weighted by molar-refractivity contribution is 0.569. The molecule has 0 heterocycles. The van der Waals surface area contributed by atoms with Gasteiger partial charge in [-0.05, 0) is 36.6 Å². The van der Waals surface area contributed by atoms with Crippen molar-refractivity contribution in [1.29, 1.82) is 0 Å². The first-order valence-electron chi connectivity index (χ1n) is 6.38. The third kappa shape index (κ3) is 5.43. The van der Waals surface area contributed by atoms with Crippen LogP contribution in [-0.4, -0.2) is 13.1 Å². The lowest BCUT2D eigenvalue weighted by Gasteiger charge is -2.10. The molecule has 0 bridgehead atoms. The van der Waals surface area contributed by atoms with Crippen molar-refractivity contribution in [3.8, 4) is 0 Å². The second-order valence-electron chi connectivity index (χ2n) is 4.85. The molecule has 1 N–H and O–H groups in total. The van der Waals surface area contributed by atoms with E-state index in [-0.39, 0.29) is 0 Å². The number of hydrogen-bond donors (Lipinski definition) is 1. The number of nitrogens with one attached hydrogen (secondary N) is 1. The van der Waals surface area contributed by atoms with Crippen LogP contribution in [0.15, 0.2) is 23.8 Å². The molecule has 3 heteroatoms. The van der Waals surface area contributed by atoms with Crippen molar-refractivity contribution in [2.75, 3.05) is 13.1 Å². The Balaban J connectivity index is 2.71. The number of benzene rings is 1. The third-order valence-electron chi connectivity index (χ3n) is 2.68. The number of hydrogen-bond acceptors (Lipinski definition) is 1. The van der Waals surface area contributed by atoms with Gasteiger partial charge in [-0.1, -0.05) is 61.7 Å². The van der Waals surface area contributed by atoms with E-state index in [1.807, 2.05) is 12.1 Å². The standard InChI is InChI=1S/C15H21Cl2N/c1-4-12(10-18-9-11(2)3)7-13-5-6-14(16)8-15(13)17/h5-8,11,18H,4,9-10H2,1-3H3. The summed E-state index contributed by atoms with van der Waals surface area (Å²) < 4.78 is 0. The minimum Gasteiger partial charge on any atom is -0.313 e. The van der Waals surface area contributed by atoms with E-state index in [9.17, 15) is 0 Å². The van der Waals surface area contributed by atoms with Crippen molar-refractivity contribution >= 4 is 29.3 Å². The van der Waals surface area contributed by atoms with E-state index in [1.165, 1.54) is 5.57 Å². The van der Waals surface area contributed by atoms with Crippen LogP contribution >= 0.6 is 23.2 Å². The lowest BCUT2D eigenvalue weighted by atomic mass is 10.1. The van der Waals surface area contributed by atoms with Crippen LogP contribution in [0.3, 0.4) is 0 Å². The highest BCUT2D eigenvalue weighted by Crippen LogP contribution is 2.23. The quantitative estimate of drug-likeness (QED) is 0.773. The topological polar surface area (TPSA) is 12.0 Å². The van der Waals surface area contributed by atoms with Gasteiger partial charge < -0.3 is 5.32 Å². The van der Waals surface area contributed by atoms with Crippen LogP contribution in [0.5, 0.6) is 0 Å². The van der Waals surface area contributed by atoms with Crippen LogP contribution < -0.4 is 5.32 Å². The van der Waals surface area contributed by atoms with Gasteiger partial charge in [0.1, 0.15) is 0 Å². The molecule has 1 nitrogen and oxygen atoms in total. The molecule has 1 aromatic carbocycles. The lowest BCUT2D eigenvalue weighted by Crippen LogP contribution is -2.21. The third-order valence-corrected chi connectivity index (χ3v) is 3.24. The molecule has 18 heavy (non-hydrogen) atoms. The zero-order valence-corrected chi connectivity index (χ0v) is 12.8. The first kappa shape index (κ1) is 15.6. The summed E-state index contributed by atoms with van der Waals surface area (Å²) in [6.07, 6.45) is 3.16. The van der Waals surface area contributed by atoms with E-state index in [4.69, 9.17) is 23.2 Å². The second-order valence-corrected chi connectivity index (χ2v) is 5.69. The van der Waals surface area contributed by atoms with Crippen molar-refractivity contribution in [2.24, 2.45) is 5.92 Å². The van der Waals surface area contributed by atoms with Crippen molar-refractivity contribution in [3.63, 3.8) is 0 Å². The summed E-state index contributed by atoms with van der Waals surface area (Å²) in [6, 6.07) is 5.61. The molecule has 100 valence electrons. The summed E-state index contributed by atoms with van der Waals surface area (Å²) in [5, 5.41) is 4.83. The molecular weight excluding hydrogens is 265 g/mol. The van der Waals surface area contributed by atoms with Gasteiger partial charge >= 0.3 is 0 Å². The van der Waals surface area contributed by atoms with E-state index in [1.54, 1.807) is 6.07 Å². The Kier molecular flexibility index (Phi) is 6.77. The molecule has 0 saturated heterocycles. The Hall–Kier alpha value is -0.500. The van der Waals surface area contributed by atoms with Crippen LogP contribution in [0, 0.1) is 5.92 Å². The summed E-state index contributed by atoms with van der Waals surface area (Å²) >= 11 is 12.1. The van der Waals surface area contributed by atoms with E-state index in [0.717, 1.165) is 25.1 Å². The van der Waals surface area contributed by atoms with E-state index < -0.39 is 0 Å². The van der Waals surface area contributed by atoms with Crippen molar-refractivity contribution in [1.82, 2.24) is 5.32 Å². The van der Waals surface area contributed by atoms with Crippen LogP contribution in [0.1, 0.15) is 32.8 Å². The molecular formula is C15H21Cl2N. The van der Waals surface area contributed by atoms with E-state index >= 15 is 0 Å². The predicted molar refractivity (Wildman–Crippen MR) is 82.4 cm³/mol. The van der Waals surface area contributed by atoms with Crippen LogP contribution in [-0.2, 0) is 0 Å². The zero-order valence-electron chi connectivity index (χ0n) is 11.3. The maximum atomic E-state index is 6.17. The molecule has 0 radical (unpaired) electrons. The summed E-state index contributed by atoms with van der Waals surface area (Å²) in [6.45, 7) is 8.52. The molecule has 0 spiro atoms. The van der Waals surface area contributed by atoms with Crippen molar-refractivity contribution < 1.29 is 0 Å². The molecule has 1 rings (SSSR count). The van der Waals surface area contributed by atoms with Gasteiger partial charge in [0.25, 0.3) is 0 Å². The molecule has 0 aliphatic carbocycles. The van der Waals surface area contributed by atoms with Crippen molar-refractivity contribution in [2.45, 2.75) is 27.2 Å². The predicted octanol–water partition coefficient (Wildman–Crippen LogP) is 5.03. The highest BCUT2D eigenvalue weighted by atomic mass is 35.5. The zero-order chi connectivity index (χ0) is 13.5. The van der Waals surface area contributed by atoms with Gasteiger partial charge in [0.05, 0.1) is 0 Å². The summed E-state index contributed by atoms with van der Waals surface area (Å²) in [4.78, 5) is 0. The van der Waals surface area contributed by atoms with Crippen LogP contribution in [0.4, 0.5) is 0 Å². The number of halogens is 2. The summed E-state index contributed by atoms with van der Waals surface area (Å²) in [5.74, 6) is 0.669. The highest BCUT2D eigenvalue weighted by Gasteiger charge is 2.01. The first-order chi connectivity index (χ1) is 8.52. The molecule has 0 atom stereocenters. The average molecular weight is 286 g/mol. The minimum absolute atomic E-state index is 0.669. The van der Waals surface area contributed by atoms with Gasteiger partial charge in [-0.25, -0.2) is 0 Å². The fourth-order valence-electron chi connectivity index (χ4n) is 1.64. The smallest absolute Gasteiger partial charge is 0.0493 e. The fourth-order valence-corrected chi connectivity index (χ4v) is 2.10. The Morgan fingerprint density at radius 2 is 2.06 bits per heavy atom. The SMILES string of the molecule is CCC(=Cc1ccc(Cl)cc1Cl)CNCC(C)C. The maximum absolute atomic E-state index is 6.17. The first-order valence-corrected chi connectivity index (χ1v) is 7.13. The van der Waals surface area contributed by atoms with E-state index in [0.29, 0.717) is 16.0 Å². The Morgan fingerprint density at radius 1 is 1.33 bits per heavy atom. The molecule has 0 saturated carbocycles. The molecule has 0 fully saturated rings. The summed E-state index contributed by atoms with van der Waals surface area (Å²) in [5.41, 5.74) is 2.38. The Bertz CT molecular complexity index is 411. The monoisotopic (exact) mass is 285 g/mol. The van der Waals surface area contributed by atoms with Gasteiger partial charge in [-0.3, -0.25) is 0 Å². The molecule has 0 amide bonds. The van der Waals surface area contributed by atoms with Crippen LogP contribution in [0.25, 0.3) is 6.08 Å². The van der Waals surface area contributed by atoms with E-state index in [2.05, 4.69) is 32.2 Å². The maximum Gasteiger partial charge on any atom is 0.0493 e. The molecule has 0 unspecified atom stereocenters. The summed E-state index contributed by atoms with van der Waals surface area (Å²) in [7, 11) is 0. The molecule has 1 aromatic rings. The largest absolute Gasteiger partial charge is 0.313 e. The Labute approximate surface area is 120 Å². The van der Waals surface area contributed by atoms with Gasteiger partial charge in [0.2, 0.25) is 0 Å². The fraction of sp³-hybridized carbons (Fsp3) is 0.467. The highest BCUT2D eigenvalue weighted by molar-refractivity contribution is 6.35. The van der Waals surface area contributed by atoms with Gasteiger partial charge in [0, 0.05) is 16.6 Å². The number of rotatable bonds is 6. The average Bonchev–Trinajstić information content (AvgIpc) is 2.30. The normalized spacial score (nSPS) is 12.2. The molecule has 0 aromatic heterocycles. The minimum atomic E-state index is 0.669. The van der Waals surface area contributed by atoms with Gasteiger partial charge in [0.15, 0.2) is 0 Å².